The largest absolute Gasteiger partial charge is 0.345 e. The number of hydrogen-bond donors (Lipinski definition) is 0. The van der Waals surface area contributed by atoms with E-state index in [0.29, 0.717) is 6.04 Å². The van der Waals surface area contributed by atoms with Gasteiger partial charge in [0.05, 0.1) is 16.3 Å². The topological polar surface area (TPSA) is 19.4 Å². The predicted octanol–water partition coefficient (Wildman–Crippen LogP) is 5.21. The fraction of sp³-hybridized carbons (Fsp3) is 0.208. The van der Waals surface area contributed by atoms with Crippen molar-refractivity contribution in [3.8, 4) is 0 Å². The number of hydrogen-bond acceptors (Lipinski definition) is 4. The van der Waals surface area contributed by atoms with Crippen LogP contribution in [0.2, 0.25) is 0 Å². The van der Waals surface area contributed by atoms with Crippen LogP contribution in [0.4, 0.5) is 5.13 Å². The van der Waals surface area contributed by atoms with Gasteiger partial charge in [-0.3, -0.25) is 4.90 Å². The van der Waals surface area contributed by atoms with Gasteiger partial charge in [0.2, 0.25) is 0 Å². The molecule has 0 aliphatic carbocycles. The Morgan fingerprint density at radius 1 is 0.679 bits per heavy atom. The summed E-state index contributed by atoms with van der Waals surface area (Å²) in [6.45, 7) is 4.08. The minimum atomic E-state index is 0.305. The Labute approximate surface area is 169 Å². The SMILES string of the molecule is c1ccc(C(c2ccccc2)N2CCN(c3nc4ccccc4s3)CC2)cc1. The number of benzene rings is 3. The van der Waals surface area contributed by atoms with E-state index in [1.165, 1.54) is 15.8 Å². The van der Waals surface area contributed by atoms with Crippen LogP contribution in [0.5, 0.6) is 0 Å². The minimum absolute atomic E-state index is 0.305. The van der Waals surface area contributed by atoms with Crippen molar-refractivity contribution in [1.29, 1.82) is 0 Å². The van der Waals surface area contributed by atoms with Crippen molar-refractivity contribution in [2.24, 2.45) is 0 Å². The lowest BCUT2D eigenvalue weighted by Crippen LogP contribution is -2.47. The number of piperazine rings is 1. The van der Waals surface area contributed by atoms with Gasteiger partial charge in [-0.15, -0.1) is 0 Å². The molecular weight excluding hydrogens is 362 g/mol. The van der Waals surface area contributed by atoms with Crippen LogP contribution in [0.15, 0.2) is 84.9 Å². The van der Waals surface area contributed by atoms with Crippen molar-refractivity contribution in [2.45, 2.75) is 6.04 Å². The van der Waals surface area contributed by atoms with Crippen LogP contribution in [0.25, 0.3) is 10.2 Å². The highest BCUT2D eigenvalue weighted by Gasteiger charge is 2.27. The number of thiazole rings is 1. The zero-order valence-electron chi connectivity index (χ0n) is 15.7. The van der Waals surface area contributed by atoms with Crippen molar-refractivity contribution >= 4 is 26.7 Å². The summed E-state index contributed by atoms with van der Waals surface area (Å²) >= 11 is 1.80. The Kier molecular flexibility index (Phi) is 4.81. The average Bonchev–Trinajstić information content (AvgIpc) is 3.20. The fourth-order valence-electron chi connectivity index (χ4n) is 4.05. The van der Waals surface area contributed by atoms with Crippen LogP contribution < -0.4 is 4.90 Å². The van der Waals surface area contributed by atoms with Crippen LogP contribution in [-0.2, 0) is 0 Å². The van der Waals surface area contributed by atoms with Crippen LogP contribution in [0.3, 0.4) is 0 Å². The molecule has 1 aliphatic heterocycles. The van der Waals surface area contributed by atoms with E-state index < -0.39 is 0 Å². The summed E-state index contributed by atoms with van der Waals surface area (Å²) in [5.74, 6) is 0. The molecule has 5 rings (SSSR count). The molecular formula is C24H23N3S. The Balaban J connectivity index is 1.37. The molecule has 0 bridgehead atoms. The van der Waals surface area contributed by atoms with Crippen molar-refractivity contribution in [2.75, 3.05) is 31.1 Å². The monoisotopic (exact) mass is 385 g/mol. The van der Waals surface area contributed by atoms with Crippen molar-refractivity contribution < 1.29 is 0 Å². The molecule has 1 fully saturated rings. The van der Waals surface area contributed by atoms with E-state index in [1.807, 2.05) is 0 Å². The van der Waals surface area contributed by atoms with Gasteiger partial charge >= 0.3 is 0 Å². The second kappa shape index (κ2) is 7.74. The molecule has 2 heterocycles. The van der Waals surface area contributed by atoms with Gasteiger partial charge in [0.25, 0.3) is 0 Å². The molecule has 28 heavy (non-hydrogen) atoms. The number of aromatic nitrogens is 1. The third-order valence-electron chi connectivity index (χ3n) is 5.46. The summed E-state index contributed by atoms with van der Waals surface area (Å²) in [5.41, 5.74) is 3.83. The highest BCUT2D eigenvalue weighted by Crippen LogP contribution is 2.32. The maximum absolute atomic E-state index is 4.85. The molecule has 0 spiro atoms. The maximum atomic E-state index is 4.85. The first-order chi connectivity index (χ1) is 13.9. The van der Waals surface area contributed by atoms with Crippen molar-refractivity contribution in [3.63, 3.8) is 0 Å². The summed E-state index contributed by atoms with van der Waals surface area (Å²) in [6, 6.07) is 30.5. The quantitative estimate of drug-likeness (QED) is 0.481. The minimum Gasteiger partial charge on any atom is -0.345 e. The molecule has 3 nitrogen and oxygen atoms in total. The molecule has 0 N–H and O–H groups in total. The number of fused-ring (bicyclic) bond motifs is 1. The van der Waals surface area contributed by atoms with Gasteiger partial charge in [0, 0.05) is 26.2 Å². The number of rotatable bonds is 4. The van der Waals surface area contributed by atoms with Crippen molar-refractivity contribution in [1.82, 2.24) is 9.88 Å². The molecule has 4 heteroatoms. The number of para-hydroxylation sites is 1. The smallest absolute Gasteiger partial charge is 0.186 e. The third-order valence-corrected chi connectivity index (χ3v) is 6.56. The second-order valence-corrected chi connectivity index (χ2v) is 8.22. The lowest BCUT2D eigenvalue weighted by atomic mass is 9.96. The van der Waals surface area contributed by atoms with Crippen LogP contribution in [0, 0.1) is 0 Å². The Bertz CT molecular complexity index is 965. The van der Waals surface area contributed by atoms with Gasteiger partial charge in [-0.1, -0.05) is 84.1 Å². The van der Waals surface area contributed by atoms with Gasteiger partial charge < -0.3 is 4.90 Å². The van der Waals surface area contributed by atoms with Gasteiger partial charge in [-0.05, 0) is 23.3 Å². The average molecular weight is 386 g/mol. The Morgan fingerprint density at radius 3 is 1.86 bits per heavy atom. The third kappa shape index (κ3) is 3.41. The molecule has 0 unspecified atom stereocenters. The number of nitrogens with zero attached hydrogens (tertiary/aromatic N) is 3. The standard InChI is InChI=1S/C24H23N3S/c1-3-9-19(10-4-1)23(20-11-5-2-6-12-20)26-15-17-27(18-16-26)24-25-21-13-7-8-14-22(21)28-24/h1-14,23H,15-18H2. The lowest BCUT2D eigenvalue weighted by Gasteiger charge is -2.39. The molecule has 0 atom stereocenters. The first kappa shape index (κ1) is 17.4. The van der Waals surface area contributed by atoms with Crippen LogP contribution in [-0.4, -0.2) is 36.1 Å². The van der Waals surface area contributed by atoms with E-state index in [-0.39, 0.29) is 0 Å². The number of anilines is 1. The summed E-state index contributed by atoms with van der Waals surface area (Å²) in [4.78, 5) is 9.89. The van der Waals surface area contributed by atoms with Crippen LogP contribution >= 0.6 is 11.3 Å². The zero-order valence-corrected chi connectivity index (χ0v) is 16.6. The normalized spacial score (nSPS) is 15.4. The van der Waals surface area contributed by atoms with Crippen molar-refractivity contribution in [3.05, 3.63) is 96.1 Å². The van der Waals surface area contributed by atoms with Gasteiger partial charge in [-0.25, -0.2) is 4.98 Å². The predicted molar refractivity (Wildman–Crippen MR) is 118 cm³/mol. The summed E-state index contributed by atoms with van der Waals surface area (Å²) < 4.78 is 1.27. The zero-order chi connectivity index (χ0) is 18.8. The molecule has 1 aliphatic rings. The molecule has 1 saturated heterocycles. The maximum Gasteiger partial charge on any atom is 0.186 e. The fourth-order valence-corrected chi connectivity index (χ4v) is 5.07. The van der Waals surface area contributed by atoms with Gasteiger partial charge in [0.15, 0.2) is 5.13 Å². The van der Waals surface area contributed by atoms with E-state index in [9.17, 15) is 0 Å². The molecule has 0 radical (unpaired) electrons. The van der Waals surface area contributed by atoms with E-state index in [1.54, 1.807) is 11.3 Å². The van der Waals surface area contributed by atoms with E-state index in [0.717, 1.165) is 36.8 Å². The summed E-state index contributed by atoms with van der Waals surface area (Å²) in [7, 11) is 0. The summed E-state index contributed by atoms with van der Waals surface area (Å²) in [6.07, 6.45) is 0. The first-order valence-electron chi connectivity index (χ1n) is 9.83. The second-order valence-electron chi connectivity index (χ2n) is 7.21. The van der Waals surface area contributed by atoms with E-state index >= 15 is 0 Å². The Morgan fingerprint density at radius 2 is 1.25 bits per heavy atom. The highest BCUT2D eigenvalue weighted by atomic mass is 32.1. The molecule has 1 aromatic heterocycles. The molecule has 140 valence electrons. The molecule has 3 aromatic carbocycles. The van der Waals surface area contributed by atoms with Gasteiger partial charge in [-0.2, -0.15) is 0 Å². The van der Waals surface area contributed by atoms with Gasteiger partial charge in [0.1, 0.15) is 0 Å². The first-order valence-corrected chi connectivity index (χ1v) is 10.6. The Hall–Kier alpha value is -2.69. The van der Waals surface area contributed by atoms with E-state index in [4.69, 9.17) is 4.98 Å². The molecule has 4 aromatic rings. The molecule has 0 amide bonds. The summed E-state index contributed by atoms with van der Waals surface area (Å²) in [5, 5.41) is 1.15. The lowest BCUT2D eigenvalue weighted by molar-refractivity contribution is 0.212. The molecule has 0 saturated carbocycles. The van der Waals surface area contributed by atoms with E-state index in [2.05, 4.69) is 94.7 Å². The highest BCUT2D eigenvalue weighted by molar-refractivity contribution is 7.22. The van der Waals surface area contributed by atoms with Crippen LogP contribution in [0.1, 0.15) is 17.2 Å².